The molecular weight excluding hydrogens is 492 g/mol. The van der Waals surface area contributed by atoms with Gasteiger partial charge in [-0.05, 0) is 75.3 Å². The van der Waals surface area contributed by atoms with E-state index in [4.69, 9.17) is 19.2 Å². The van der Waals surface area contributed by atoms with Crippen LogP contribution in [0, 0.1) is 25.2 Å². The molecular formula is C31H36N4O4. The normalized spacial score (nSPS) is 17.7. The highest BCUT2D eigenvalue weighted by Gasteiger charge is 2.31. The molecule has 1 aliphatic heterocycles. The molecule has 3 aromatic rings. The molecule has 3 heterocycles. The third kappa shape index (κ3) is 4.76. The molecule has 5 rings (SSSR count). The average Bonchev–Trinajstić information content (AvgIpc) is 3.27. The number of aryl methyl sites for hydroxylation is 2. The number of ether oxygens (including phenoxy) is 3. The Morgan fingerprint density at radius 3 is 2.67 bits per heavy atom. The number of methoxy groups -OCH3 is 2. The van der Waals surface area contributed by atoms with Gasteiger partial charge in [0.05, 0.1) is 31.5 Å². The molecule has 1 amide bonds. The van der Waals surface area contributed by atoms with E-state index in [9.17, 15) is 10.1 Å². The number of benzene rings is 1. The van der Waals surface area contributed by atoms with Gasteiger partial charge in [-0.25, -0.2) is 4.98 Å². The van der Waals surface area contributed by atoms with Gasteiger partial charge in [0.2, 0.25) is 5.91 Å². The SMILES string of the molecule is COc1ccc2c(c1OC)CCCC2n1c(C=CC(=O)N(C)C2CCOCC2)c(C#N)c2c(C)cc(C)nc21. The summed E-state index contributed by atoms with van der Waals surface area (Å²) in [4.78, 5) is 20.0. The van der Waals surface area contributed by atoms with Crippen molar-refractivity contribution >= 4 is 23.0 Å². The van der Waals surface area contributed by atoms with Crippen LogP contribution in [0.1, 0.15) is 65.4 Å². The van der Waals surface area contributed by atoms with Crippen molar-refractivity contribution < 1.29 is 19.0 Å². The minimum Gasteiger partial charge on any atom is -0.493 e. The van der Waals surface area contributed by atoms with Crippen LogP contribution in [0.2, 0.25) is 0 Å². The second-order valence-electron chi connectivity index (χ2n) is 10.4. The molecule has 39 heavy (non-hydrogen) atoms. The number of carbonyl (C=O) groups excluding carboxylic acids is 1. The first-order valence-electron chi connectivity index (χ1n) is 13.6. The van der Waals surface area contributed by atoms with Crippen molar-refractivity contribution in [1.29, 1.82) is 5.26 Å². The highest BCUT2D eigenvalue weighted by Crippen LogP contribution is 2.45. The predicted octanol–water partition coefficient (Wildman–Crippen LogP) is 5.12. The first-order chi connectivity index (χ1) is 18.9. The number of pyridine rings is 1. The number of likely N-dealkylation sites (N-methyl/N-ethyl adjacent to an activating group) is 1. The zero-order valence-electron chi connectivity index (χ0n) is 23.4. The third-order valence-corrected chi connectivity index (χ3v) is 8.16. The molecule has 8 nitrogen and oxygen atoms in total. The van der Waals surface area contributed by atoms with Gasteiger partial charge in [0.1, 0.15) is 11.7 Å². The van der Waals surface area contributed by atoms with Gasteiger partial charge >= 0.3 is 0 Å². The number of aromatic nitrogens is 2. The lowest BCUT2D eigenvalue weighted by Gasteiger charge is -2.31. The van der Waals surface area contributed by atoms with E-state index in [1.54, 1.807) is 25.2 Å². The Hall–Kier alpha value is -3.83. The molecule has 1 unspecified atom stereocenters. The van der Waals surface area contributed by atoms with Gasteiger partial charge in [0.25, 0.3) is 0 Å². The third-order valence-electron chi connectivity index (χ3n) is 8.16. The van der Waals surface area contributed by atoms with E-state index in [2.05, 4.69) is 16.7 Å². The standard InChI is InChI=1S/C31H36N4O4/c1-19-17-20(2)33-31-29(19)24(18-32)26(10-12-28(36)34(3)21-13-15-39-16-14-21)35(31)25-8-6-7-23-22(25)9-11-27(37-4)30(23)38-5/h9-12,17,21,25H,6-8,13-16H2,1-5H3. The minimum atomic E-state index is -0.0843. The fourth-order valence-electron chi connectivity index (χ4n) is 6.25. The molecule has 0 radical (unpaired) electrons. The molecule has 1 aliphatic carbocycles. The van der Waals surface area contributed by atoms with Crippen LogP contribution in [0.15, 0.2) is 24.3 Å². The quantitative estimate of drug-likeness (QED) is 0.413. The molecule has 204 valence electrons. The maximum atomic E-state index is 13.3. The van der Waals surface area contributed by atoms with Crippen LogP contribution in [0.4, 0.5) is 0 Å². The maximum absolute atomic E-state index is 13.3. The summed E-state index contributed by atoms with van der Waals surface area (Å²) in [6.45, 7) is 5.32. The Morgan fingerprint density at radius 2 is 1.97 bits per heavy atom. The minimum absolute atomic E-state index is 0.0742. The van der Waals surface area contributed by atoms with Gasteiger partial charge in [-0.1, -0.05) is 6.07 Å². The summed E-state index contributed by atoms with van der Waals surface area (Å²) in [5.74, 6) is 1.37. The lowest BCUT2D eigenvalue weighted by molar-refractivity contribution is -0.128. The van der Waals surface area contributed by atoms with Crippen molar-refractivity contribution in [3.05, 3.63) is 57.9 Å². The molecule has 2 aromatic heterocycles. The van der Waals surface area contributed by atoms with Crippen LogP contribution >= 0.6 is 0 Å². The van der Waals surface area contributed by atoms with E-state index in [1.807, 2.05) is 39.1 Å². The van der Waals surface area contributed by atoms with Gasteiger partial charge in [-0.2, -0.15) is 5.26 Å². The Bertz CT molecular complexity index is 1480. The van der Waals surface area contributed by atoms with Crippen molar-refractivity contribution in [3.8, 4) is 17.6 Å². The molecule has 8 heteroatoms. The van der Waals surface area contributed by atoms with Gasteiger partial charge in [-0.15, -0.1) is 0 Å². The summed E-state index contributed by atoms with van der Waals surface area (Å²) in [7, 11) is 5.16. The fourth-order valence-corrected chi connectivity index (χ4v) is 6.25. The number of nitrogens with zero attached hydrogens (tertiary/aromatic N) is 4. The lowest BCUT2D eigenvalue weighted by Crippen LogP contribution is -2.39. The van der Waals surface area contributed by atoms with Crippen molar-refractivity contribution in [2.45, 2.75) is 58.0 Å². The van der Waals surface area contributed by atoms with Crippen molar-refractivity contribution in [2.24, 2.45) is 0 Å². The largest absolute Gasteiger partial charge is 0.493 e. The number of rotatable bonds is 6. The van der Waals surface area contributed by atoms with Gasteiger partial charge in [0, 0.05) is 49.0 Å². The second kappa shape index (κ2) is 11.1. The van der Waals surface area contributed by atoms with E-state index in [0.717, 1.165) is 71.3 Å². The number of nitriles is 1. The Kier molecular flexibility index (Phi) is 7.62. The molecule has 0 bridgehead atoms. The van der Waals surface area contributed by atoms with Crippen molar-refractivity contribution in [3.63, 3.8) is 0 Å². The predicted molar refractivity (Wildman–Crippen MR) is 150 cm³/mol. The summed E-state index contributed by atoms with van der Waals surface area (Å²) in [5, 5.41) is 11.2. The second-order valence-corrected chi connectivity index (χ2v) is 10.4. The van der Waals surface area contributed by atoms with Crippen LogP contribution in [0.3, 0.4) is 0 Å². The molecule has 1 atom stereocenters. The number of carbonyl (C=O) groups is 1. The van der Waals surface area contributed by atoms with E-state index in [1.165, 1.54) is 0 Å². The maximum Gasteiger partial charge on any atom is 0.246 e. The van der Waals surface area contributed by atoms with E-state index in [-0.39, 0.29) is 18.0 Å². The molecule has 0 saturated carbocycles. The number of fused-ring (bicyclic) bond motifs is 2. The topological polar surface area (TPSA) is 89.6 Å². The fraction of sp³-hybridized carbons (Fsp3) is 0.452. The summed E-state index contributed by atoms with van der Waals surface area (Å²) < 4.78 is 19.0. The van der Waals surface area contributed by atoms with E-state index < -0.39 is 0 Å². The van der Waals surface area contributed by atoms with Gasteiger partial charge in [-0.3, -0.25) is 4.79 Å². The zero-order valence-corrected chi connectivity index (χ0v) is 23.4. The van der Waals surface area contributed by atoms with E-state index >= 15 is 0 Å². The van der Waals surface area contributed by atoms with Crippen molar-refractivity contribution in [1.82, 2.24) is 14.5 Å². The monoisotopic (exact) mass is 528 g/mol. The molecule has 1 aromatic carbocycles. The Balaban J connectivity index is 1.68. The summed E-state index contributed by atoms with van der Waals surface area (Å²) >= 11 is 0. The van der Waals surface area contributed by atoms with Crippen LogP contribution in [-0.4, -0.2) is 60.9 Å². The first-order valence-corrected chi connectivity index (χ1v) is 13.6. The van der Waals surface area contributed by atoms with Gasteiger partial charge < -0.3 is 23.7 Å². The van der Waals surface area contributed by atoms with E-state index in [0.29, 0.717) is 30.2 Å². The molecule has 0 spiro atoms. The highest BCUT2D eigenvalue weighted by atomic mass is 16.5. The summed E-state index contributed by atoms with van der Waals surface area (Å²) in [6, 6.07) is 8.56. The van der Waals surface area contributed by atoms with Crippen LogP contribution in [-0.2, 0) is 16.0 Å². The molecule has 1 fully saturated rings. The molecule has 2 aliphatic rings. The lowest BCUT2D eigenvalue weighted by atomic mass is 9.86. The number of hydrogen-bond donors (Lipinski definition) is 0. The van der Waals surface area contributed by atoms with Crippen LogP contribution in [0.25, 0.3) is 17.1 Å². The van der Waals surface area contributed by atoms with Gasteiger partial charge in [0.15, 0.2) is 11.5 Å². The van der Waals surface area contributed by atoms with Crippen LogP contribution in [0.5, 0.6) is 11.5 Å². The molecule has 1 saturated heterocycles. The zero-order chi connectivity index (χ0) is 27.7. The number of amides is 1. The highest BCUT2D eigenvalue weighted by molar-refractivity contribution is 5.96. The van der Waals surface area contributed by atoms with Crippen molar-refractivity contribution in [2.75, 3.05) is 34.5 Å². The first kappa shape index (κ1) is 26.8. The molecule has 0 N–H and O–H groups in total. The Labute approximate surface area is 229 Å². The Morgan fingerprint density at radius 1 is 1.21 bits per heavy atom. The summed E-state index contributed by atoms with van der Waals surface area (Å²) in [6.07, 6.45) is 7.76. The summed E-state index contributed by atoms with van der Waals surface area (Å²) in [5.41, 5.74) is 6.13. The van der Waals surface area contributed by atoms with Crippen LogP contribution < -0.4 is 9.47 Å². The number of hydrogen-bond acceptors (Lipinski definition) is 6. The average molecular weight is 529 g/mol. The smallest absolute Gasteiger partial charge is 0.246 e.